The highest BCUT2D eigenvalue weighted by molar-refractivity contribution is 6.17. The van der Waals surface area contributed by atoms with Crippen molar-refractivity contribution in [3.05, 3.63) is 23.4 Å². The lowest BCUT2D eigenvalue weighted by Crippen LogP contribution is -2.37. The molecule has 118 valence electrons. The van der Waals surface area contributed by atoms with Crippen molar-refractivity contribution < 1.29 is 4.74 Å². The van der Waals surface area contributed by atoms with Gasteiger partial charge in [0.05, 0.1) is 6.10 Å². The molecule has 0 N–H and O–H groups in total. The van der Waals surface area contributed by atoms with Crippen LogP contribution in [0.25, 0.3) is 0 Å². The van der Waals surface area contributed by atoms with Gasteiger partial charge in [0.25, 0.3) is 0 Å². The van der Waals surface area contributed by atoms with E-state index in [0.29, 0.717) is 12.0 Å². The first-order chi connectivity index (χ1) is 9.94. The molecule has 2 rings (SSSR count). The van der Waals surface area contributed by atoms with Gasteiger partial charge in [-0.3, -0.25) is 0 Å². The summed E-state index contributed by atoms with van der Waals surface area (Å²) >= 11 is 6.06. The second-order valence-electron chi connectivity index (χ2n) is 6.74. The van der Waals surface area contributed by atoms with Gasteiger partial charge in [-0.15, -0.1) is 11.6 Å². The lowest BCUT2D eigenvalue weighted by atomic mass is 9.91. The first-order valence-electron chi connectivity index (χ1n) is 7.88. The molecule has 1 fully saturated rings. The molecule has 1 aromatic rings. The molecule has 4 heteroatoms. The zero-order valence-corrected chi connectivity index (χ0v) is 14.4. The number of rotatable bonds is 4. The van der Waals surface area contributed by atoms with Gasteiger partial charge in [-0.05, 0) is 37.5 Å². The number of aromatic nitrogens is 1. The molecule has 1 aliphatic heterocycles. The van der Waals surface area contributed by atoms with Crippen LogP contribution in [0.3, 0.4) is 0 Å². The van der Waals surface area contributed by atoms with Crippen LogP contribution in [0.1, 0.15) is 51.8 Å². The van der Waals surface area contributed by atoms with Crippen molar-refractivity contribution in [1.82, 2.24) is 4.98 Å². The van der Waals surface area contributed by atoms with E-state index < -0.39 is 0 Å². The lowest BCUT2D eigenvalue weighted by Gasteiger charge is -2.33. The summed E-state index contributed by atoms with van der Waals surface area (Å²) in [5.74, 6) is 1.60. The molecule has 0 saturated carbocycles. The lowest BCUT2D eigenvalue weighted by molar-refractivity contribution is 0.0458. The van der Waals surface area contributed by atoms with Gasteiger partial charge < -0.3 is 9.64 Å². The van der Waals surface area contributed by atoms with Crippen molar-refractivity contribution in [3.8, 4) is 0 Å². The van der Waals surface area contributed by atoms with Crippen molar-refractivity contribution in [2.24, 2.45) is 0 Å². The van der Waals surface area contributed by atoms with Gasteiger partial charge in [-0.2, -0.15) is 0 Å². The van der Waals surface area contributed by atoms with Gasteiger partial charge in [0.2, 0.25) is 0 Å². The second kappa shape index (κ2) is 6.97. The highest BCUT2D eigenvalue weighted by atomic mass is 35.5. The predicted octanol–water partition coefficient (Wildman–Crippen LogP) is 4.12. The Morgan fingerprint density at radius 2 is 1.95 bits per heavy atom. The Hall–Kier alpha value is -0.800. The first-order valence-corrected chi connectivity index (χ1v) is 8.41. The van der Waals surface area contributed by atoms with Crippen molar-refractivity contribution in [2.45, 2.75) is 57.9 Å². The molecule has 0 aromatic carbocycles. The molecule has 0 atom stereocenters. The maximum Gasteiger partial charge on any atom is 0.129 e. The number of piperidine rings is 1. The van der Waals surface area contributed by atoms with Gasteiger partial charge in [0.1, 0.15) is 5.82 Å². The van der Waals surface area contributed by atoms with Crippen LogP contribution in [0.15, 0.2) is 12.1 Å². The molecule has 0 radical (unpaired) electrons. The van der Waals surface area contributed by atoms with Crippen molar-refractivity contribution in [2.75, 3.05) is 24.6 Å². The van der Waals surface area contributed by atoms with E-state index >= 15 is 0 Å². The molecule has 2 heterocycles. The maximum absolute atomic E-state index is 6.06. The minimum Gasteiger partial charge on any atom is -0.378 e. The van der Waals surface area contributed by atoms with Gasteiger partial charge >= 0.3 is 0 Å². The number of anilines is 1. The van der Waals surface area contributed by atoms with Crippen molar-refractivity contribution in [3.63, 3.8) is 0 Å². The second-order valence-corrected chi connectivity index (χ2v) is 7.01. The van der Waals surface area contributed by atoms with E-state index in [-0.39, 0.29) is 5.41 Å². The van der Waals surface area contributed by atoms with Gasteiger partial charge in [-0.1, -0.05) is 20.8 Å². The predicted molar refractivity (Wildman–Crippen MR) is 89.4 cm³/mol. The topological polar surface area (TPSA) is 25.4 Å². The highest BCUT2D eigenvalue weighted by Gasteiger charge is 2.23. The van der Waals surface area contributed by atoms with E-state index in [4.69, 9.17) is 21.3 Å². The van der Waals surface area contributed by atoms with Gasteiger partial charge in [0.15, 0.2) is 0 Å². The minimum absolute atomic E-state index is 0.0421. The van der Waals surface area contributed by atoms with Crippen LogP contribution in [0.2, 0.25) is 0 Å². The van der Waals surface area contributed by atoms with E-state index in [0.717, 1.165) is 49.6 Å². The Labute approximate surface area is 133 Å². The summed E-state index contributed by atoms with van der Waals surface area (Å²) in [6, 6.07) is 4.26. The Kier molecular flexibility index (Phi) is 5.50. The van der Waals surface area contributed by atoms with E-state index in [9.17, 15) is 0 Å². The summed E-state index contributed by atoms with van der Waals surface area (Å²) < 4.78 is 5.72. The fraction of sp³-hybridized carbons (Fsp3) is 0.706. The molecule has 1 aliphatic rings. The molecule has 0 bridgehead atoms. The highest BCUT2D eigenvalue weighted by Crippen LogP contribution is 2.27. The molecule has 1 saturated heterocycles. The third kappa shape index (κ3) is 4.33. The van der Waals surface area contributed by atoms with Gasteiger partial charge in [0, 0.05) is 36.7 Å². The zero-order chi connectivity index (χ0) is 15.5. The zero-order valence-electron chi connectivity index (χ0n) is 13.7. The van der Waals surface area contributed by atoms with Gasteiger partial charge in [-0.25, -0.2) is 4.98 Å². The van der Waals surface area contributed by atoms with Crippen LogP contribution in [-0.2, 0) is 16.0 Å². The van der Waals surface area contributed by atoms with Crippen molar-refractivity contribution in [1.29, 1.82) is 0 Å². The fourth-order valence-electron chi connectivity index (χ4n) is 2.68. The summed E-state index contributed by atoms with van der Waals surface area (Å²) in [7, 11) is 0. The monoisotopic (exact) mass is 310 g/mol. The average molecular weight is 311 g/mol. The summed E-state index contributed by atoms with van der Waals surface area (Å²) in [6.45, 7) is 11.5. The Bertz CT molecular complexity index is 462. The fourth-order valence-corrected chi connectivity index (χ4v) is 2.84. The largest absolute Gasteiger partial charge is 0.378 e. The van der Waals surface area contributed by atoms with Crippen LogP contribution < -0.4 is 4.90 Å². The van der Waals surface area contributed by atoms with Crippen LogP contribution in [-0.4, -0.2) is 30.8 Å². The molecule has 3 nitrogen and oxygen atoms in total. The van der Waals surface area contributed by atoms with Crippen LogP contribution in [0.5, 0.6) is 0 Å². The number of hydrogen-bond donors (Lipinski definition) is 0. The number of pyridine rings is 1. The first kappa shape index (κ1) is 16.6. The Balaban J connectivity index is 2.16. The molecular formula is C17H27ClN2O. The Morgan fingerprint density at radius 3 is 2.48 bits per heavy atom. The minimum atomic E-state index is 0.0421. The summed E-state index contributed by atoms with van der Waals surface area (Å²) in [4.78, 5) is 7.24. The number of alkyl halides is 1. The molecule has 0 spiro atoms. The van der Waals surface area contributed by atoms with Crippen LogP contribution in [0.4, 0.5) is 5.82 Å². The van der Waals surface area contributed by atoms with Crippen LogP contribution >= 0.6 is 11.6 Å². The third-order valence-corrected chi connectivity index (χ3v) is 4.27. The van der Waals surface area contributed by atoms with E-state index in [1.165, 1.54) is 0 Å². The van der Waals surface area contributed by atoms with E-state index in [1.54, 1.807) is 0 Å². The van der Waals surface area contributed by atoms with E-state index in [2.05, 4.69) is 44.7 Å². The average Bonchev–Trinajstić information content (AvgIpc) is 2.47. The molecule has 0 amide bonds. The normalized spacial score (nSPS) is 17.3. The van der Waals surface area contributed by atoms with Crippen LogP contribution in [0, 0.1) is 0 Å². The standard InChI is InChI=1S/C17H27ClN2O/c1-5-21-14-6-8-20(9-7-14)16-11-13(12-18)10-15(19-16)17(2,3)4/h10-11,14H,5-9,12H2,1-4H3. The SMILES string of the molecule is CCOC1CCN(c2cc(CCl)cc(C(C)(C)C)n2)CC1. The molecule has 1 aromatic heterocycles. The number of hydrogen-bond acceptors (Lipinski definition) is 3. The number of ether oxygens (including phenoxy) is 1. The summed E-state index contributed by atoms with van der Waals surface area (Å²) in [5.41, 5.74) is 2.31. The molecule has 21 heavy (non-hydrogen) atoms. The smallest absolute Gasteiger partial charge is 0.129 e. The maximum atomic E-state index is 6.06. The molecule has 0 unspecified atom stereocenters. The summed E-state index contributed by atoms with van der Waals surface area (Å²) in [5, 5.41) is 0. The summed E-state index contributed by atoms with van der Waals surface area (Å²) in [6.07, 6.45) is 2.56. The van der Waals surface area contributed by atoms with E-state index in [1.807, 2.05) is 0 Å². The Morgan fingerprint density at radius 1 is 1.29 bits per heavy atom. The molecule has 0 aliphatic carbocycles. The quantitative estimate of drug-likeness (QED) is 0.782. The third-order valence-electron chi connectivity index (χ3n) is 3.96. The van der Waals surface area contributed by atoms with Crippen molar-refractivity contribution >= 4 is 17.4 Å². The molecular weight excluding hydrogens is 284 g/mol. The number of nitrogens with zero attached hydrogens (tertiary/aromatic N) is 2. The number of halogens is 1.